The third kappa shape index (κ3) is 1.43. The molecule has 0 bridgehead atoms. The van der Waals surface area contributed by atoms with Gasteiger partial charge in [-0.25, -0.2) is 0 Å². The van der Waals surface area contributed by atoms with E-state index in [2.05, 4.69) is 47.1 Å². The number of nitrogens with zero attached hydrogens (tertiary/aromatic N) is 2. The van der Waals surface area contributed by atoms with Crippen LogP contribution in [-0.2, 0) is 0 Å². The van der Waals surface area contributed by atoms with Gasteiger partial charge in [0.2, 0.25) is 0 Å². The molecule has 2 heterocycles. The highest BCUT2D eigenvalue weighted by Gasteiger charge is 2.20. The van der Waals surface area contributed by atoms with E-state index in [9.17, 15) is 0 Å². The van der Waals surface area contributed by atoms with Crippen molar-refractivity contribution in [3.05, 3.63) is 29.5 Å². The number of fused-ring (bicyclic) bond motifs is 1. The number of aromatic nitrogens is 2. The van der Waals surface area contributed by atoms with Crippen molar-refractivity contribution in [2.45, 2.75) is 26.3 Å². The van der Waals surface area contributed by atoms with Gasteiger partial charge in [0, 0.05) is 11.9 Å². The predicted molar refractivity (Wildman–Crippen MR) is 65.7 cm³/mol. The Morgan fingerprint density at radius 1 is 1.38 bits per heavy atom. The smallest absolute Gasteiger partial charge is 0.0691 e. The van der Waals surface area contributed by atoms with Gasteiger partial charge in [0.05, 0.1) is 17.3 Å². The largest absolute Gasteiger partial charge is 0.315 e. The van der Waals surface area contributed by atoms with Crippen LogP contribution >= 0.6 is 0 Å². The normalized spacial score (nSPS) is 20.8. The van der Waals surface area contributed by atoms with Crippen molar-refractivity contribution < 1.29 is 0 Å². The minimum absolute atomic E-state index is 0.526. The molecule has 0 aliphatic carbocycles. The lowest BCUT2D eigenvalue weighted by Crippen LogP contribution is -2.14. The summed E-state index contributed by atoms with van der Waals surface area (Å²) >= 11 is 0. The Hall–Kier alpha value is -1.35. The fourth-order valence-electron chi connectivity index (χ4n) is 2.53. The van der Waals surface area contributed by atoms with Crippen LogP contribution in [0.15, 0.2) is 18.2 Å². The first-order valence-electron chi connectivity index (χ1n) is 5.92. The lowest BCUT2D eigenvalue weighted by Gasteiger charge is -2.10. The minimum atomic E-state index is 0.526. The molecule has 3 heteroatoms. The van der Waals surface area contributed by atoms with Crippen LogP contribution in [0, 0.1) is 13.8 Å². The second kappa shape index (κ2) is 3.59. The van der Waals surface area contributed by atoms with Gasteiger partial charge in [-0.15, -0.1) is 0 Å². The Labute approximate surface area is 95.5 Å². The molecule has 2 aromatic rings. The standard InChI is InChI=1S/C13H17N3/c1-9-3-4-12-10(2)15-16(13(12)7-9)11-5-6-14-8-11/h3-4,7,11,14H,5-6,8H2,1-2H3. The molecule has 0 spiro atoms. The minimum Gasteiger partial charge on any atom is -0.315 e. The maximum Gasteiger partial charge on any atom is 0.0691 e. The van der Waals surface area contributed by atoms with E-state index in [1.54, 1.807) is 0 Å². The highest BCUT2D eigenvalue weighted by Crippen LogP contribution is 2.25. The van der Waals surface area contributed by atoms with Gasteiger partial charge in [-0.05, 0) is 38.4 Å². The molecular formula is C13H17N3. The van der Waals surface area contributed by atoms with Gasteiger partial charge in [-0.2, -0.15) is 5.10 Å². The van der Waals surface area contributed by atoms with Crippen LogP contribution in [0.3, 0.4) is 0 Å². The first kappa shape index (κ1) is 9.85. The van der Waals surface area contributed by atoms with Crippen molar-refractivity contribution in [3.8, 4) is 0 Å². The van der Waals surface area contributed by atoms with Gasteiger partial charge >= 0.3 is 0 Å². The van der Waals surface area contributed by atoms with Gasteiger partial charge in [0.25, 0.3) is 0 Å². The third-order valence-corrected chi connectivity index (χ3v) is 3.43. The van der Waals surface area contributed by atoms with Gasteiger partial charge in [-0.3, -0.25) is 4.68 Å². The summed E-state index contributed by atoms with van der Waals surface area (Å²) in [6.45, 7) is 6.39. The summed E-state index contributed by atoms with van der Waals surface area (Å²) in [4.78, 5) is 0. The Kier molecular flexibility index (Phi) is 2.21. The Balaban J connectivity index is 2.19. The molecule has 3 rings (SSSR count). The number of nitrogens with one attached hydrogen (secondary N) is 1. The quantitative estimate of drug-likeness (QED) is 0.790. The third-order valence-electron chi connectivity index (χ3n) is 3.43. The van der Waals surface area contributed by atoms with E-state index in [1.807, 2.05) is 0 Å². The van der Waals surface area contributed by atoms with Crippen LogP contribution < -0.4 is 5.32 Å². The van der Waals surface area contributed by atoms with Crippen molar-refractivity contribution in [2.24, 2.45) is 0 Å². The summed E-state index contributed by atoms with van der Waals surface area (Å²) in [6.07, 6.45) is 1.18. The topological polar surface area (TPSA) is 29.9 Å². The molecule has 1 unspecified atom stereocenters. The first-order chi connectivity index (χ1) is 7.75. The molecule has 1 aromatic carbocycles. The van der Waals surface area contributed by atoms with E-state index < -0.39 is 0 Å². The Morgan fingerprint density at radius 3 is 3.00 bits per heavy atom. The molecule has 1 fully saturated rings. The molecule has 84 valence electrons. The molecule has 1 aliphatic rings. The molecule has 0 radical (unpaired) electrons. The molecule has 1 atom stereocenters. The SMILES string of the molecule is Cc1ccc2c(C)nn(C3CCNC3)c2c1. The van der Waals surface area contributed by atoms with Crippen LogP contribution in [0.5, 0.6) is 0 Å². The highest BCUT2D eigenvalue weighted by molar-refractivity contribution is 5.82. The lowest BCUT2D eigenvalue weighted by molar-refractivity contribution is 0.503. The number of rotatable bonds is 1. The Morgan fingerprint density at radius 2 is 2.25 bits per heavy atom. The van der Waals surface area contributed by atoms with Gasteiger partial charge in [-0.1, -0.05) is 12.1 Å². The monoisotopic (exact) mass is 215 g/mol. The van der Waals surface area contributed by atoms with Gasteiger partial charge < -0.3 is 5.32 Å². The molecule has 3 nitrogen and oxygen atoms in total. The zero-order valence-corrected chi connectivity index (χ0v) is 9.83. The highest BCUT2D eigenvalue weighted by atomic mass is 15.3. The molecule has 1 saturated heterocycles. The summed E-state index contributed by atoms with van der Waals surface area (Å²) in [5.41, 5.74) is 3.73. The fourth-order valence-corrected chi connectivity index (χ4v) is 2.53. The summed E-state index contributed by atoms with van der Waals surface area (Å²) < 4.78 is 2.21. The van der Waals surface area contributed by atoms with Crippen LogP contribution in [-0.4, -0.2) is 22.9 Å². The zero-order valence-electron chi connectivity index (χ0n) is 9.83. The number of hydrogen-bond donors (Lipinski definition) is 1. The fraction of sp³-hybridized carbons (Fsp3) is 0.462. The van der Waals surface area contributed by atoms with Crippen LogP contribution in [0.25, 0.3) is 10.9 Å². The van der Waals surface area contributed by atoms with E-state index in [0.717, 1.165) is 18.8 Å². The van der Waals surface area contributed by atoms with E-state index in [1.165, 1.54) is 22.9 Å². The van der Waals surface area contributed by atoms with Gasteiger partial charge in [0.1, 0.15) is 0 Å². The molecule has 1 aliphatic heterocycles. The van der Waals surface area contributed by atoms with Crippen LogP contribution in [0.4, 0.5) is 0 Å². The average Bonchev–Trinajstić information content (AvgIpc) is 2.86. The molecule has 0 saturated carbocycles. The molecule has 0 amide bonds. The summed E-state index contributed by atoms with van der Waals surface area (Å²) in [6, 6.07) is 7.12. The summed E-state index contributed by atoms with van der Waals surface area (Å²) in [5.74, 6) is 0. The van der Waals surface area contributed by atoms with Crippen molar-refractivity contribution in [3.63, 3.8) is 0 Å². The molecule has 1 aromatic heterocycles. The zero-order chi connectivity index (χ0) is 11.1. The lowest BCUT2D eigenvalue weighted by atomic mass is 10.1. The maximum absolute atomic E-state index is 4.69. The summed E-state index contributed by atoms with van der Waals surface area (Å²) in [7, 11) is 0. The van der Waals surface area contributed by atoms with E-state index in [0.29, 0.717) is 6.04 Å². The first-order valence-corrected chi connectivity index (χ1v) is 5.92. The number of benzene rings is 1. The van der Waals surface area contributed by atoms with E-state index in [4.69, 9.17) is 0 Å². The van der Waals surface area contributed by atoms with Gasteiger partial charge in [0.15, 0.2) is 0 Å². The Bertz CT molecular complexity index is 521. The maximum atomic E-state index is 4.69. The van der Waals surface area contributed by atoms with Crippen LogP contribution in [0.1, 0.15) is 23.7 Å². The predicted octanol–water partition coefficient (Wildman–Crippen LogP) is 2.19. The summed E-state index contributed by atoms with van der Waals surface area (Å²) in [5, 5.41) is 9.38. The van der Waals surface area contributed by atoms with Crippen LogP contribution in [0.2, 0.25) is 0 Å². The average molecular weight is 215 g/mol. The van der Waals surface area contributed by atoms with Crippen molar-refractivity contribution in [1.82, 2.24) is 15.1 Å². The second-order valence-electron chi connectivity index (χ2n) is 4.70. The van der Waals surface area contributed by atoms with Crippen molar-refractivity contribution in [2.75, 3.05) is 13.1 Å². The molecule has 1 N–H and O–H groups in total. The van der Waals surface area contributed by atoms with E-state index >= 15 is 0 Å². The van der Waals surface area contributed by atoms with Crippen molar-refractivity contribution in [1.29, 1.82) is 0 Å². The molecule has 16 heavy (non-hydrogen) atoms. The second-order valence-corrected chi connectivity index (χ2v) is 4.70. The number of aryl methyl sites for hydroxylation is 2. The van der Waals surface area contributed by atoms with E-state index in [-0.39, 0.29) is 0 Å². The molecular weight excluding hydrogens is 198 g/mol. The number of hydrogen-bond acceptors (Lipinski definition) is 2. The van der Waals surface area contributed by atoms with Crippen molar-refractivity contribution >= 4 is 10.9 Å².